The maximum atomic E-state index is 5.79. The highest BCUT2D eigenvalue weighted by Crippen LogP contribution is 2.29. The number of nitrogens with two attached hydrogens (primary N) is 1. The first-order valence-electron chi connectivity index (χ1n) is 6.10. The second-order valence-corrected chi connectivity index (χ2v) is 5.31. The summed E-state index contributed by atoms with van der Waals surface area (Å²) in [5.41, 5.74) is 6.40. The van der Waals surface area contributed by atoms with E-state index >= 15 is 0 Å². The van der Waals surface area contributed by atoms with Gasteiger partial charge in [-0.25, -0.2) is 0 Å². The molecule has 2 aromatic carbocycles. The fourth-order valence-corrected chi connectivity index (χ4v) is 2.57. The third-order valence-corrected chi connectivity index (χ3v) is 3.43. The van der Waals surface area contributed by atoms with E-state index < -0.39 is 0 Å². The number of hydrogen-bond donors (Lipinski definition) is 1. The van der Waals surface area contributed by atoms with Crippen molar-refractivity contribution >= 4 is 33.1 Å². The predicted octanol–water partition coefficient (Wildman–Crippen LogP) is 4.27. The van der Waals surface area contributed by atoms with Crippen LogP contribution in [-0.4, -0.2) is 11.6 Å². The van der Waals surface area contributed by atoms with Gasteiger partial charge < -0.3 is 15.2 Å². The Morgan fingerprint density at radius 1 is 1.15 bits per heavy atom. The van der Waals surface area contributed by atoms with Crippen LogP contribution in [0.5, 0.6) is 17.2 Å². The Balaban J connectivity index is 2.19. The molecule has 0 saturated carbocycles. The molecule has 0 atom stereocenters. The molecule has 0 radical (unpaired) electrons. The molecule has 0 saturated heterocycles. The summed E-state index contributed by atoms with van der Waals surface area (Å²) in [6, 6.07) is 13.0. The molecular formula is C15H14BrNO2S. The van der Waals surface area contributed by atoms with Crippen molar-refractivity contribution in [2.24, 2.45) is 5.73 Å². The standard InChI is InChI=1S/C15H14BrNO2S/c1-2-18-10-4-3-5-11(8-10)19-12-6-7-13(15(17)20)14(16)9-12/h3-9H,2H2,1H3,(H2,17,20). The van der Waals surface area contributed by atoms with Crippen molar-refractivity contribution in [3.05, 3.63) is 52.5 Å². The lowest BCUT2D eigenvalue weighted by atomic mass is 10.2. The van der Waals surface area contributed by atoms with Crippen LogP contribution in [0.3, 0.4) is 0 Å². The molecule has 0 aliphatic carbocycles. The zero-order valence-electron chi connectivity index (χ0n) is 10.9. The van der Waals surface area contributed by atoms with Crippen molar-refractivity contribution in [2.45, 2.75) is 6.92 Å². The fourth-order valence-electron chi connectivity index (χ4n) is 1.69. The van der Waals surface area contributed by atoms with E-state index in [4.69, 9.17) is 27.4 Å². The zero-order valence-corrected chi connectivity index (χ0v) is 13.3. The monoisotopic (exact) mass is 351 g/mol. The van der Waals surface area contributed by atoms with Crippen LogP contribution in [0.2, 0.25) is 0 Å². The molecule has 5 heteroatoms. The smallest absolute Gasteiger partial charge is 0.131 e. The highest BCUT2D eigenvalue weighted by atomic mass is 79.9. The molecule has 104 valence electrons. The number of benzene rings is 2. The summed E-state index contributed by atoms with van der Waals surface area (Å²) >= 11 is 8.39. The van der Waals surface area contributed by atoms with Gasteiger partial charge in [-0.15, -0.1) is 0 Å². The molecule has 0 aromatic heterocycles. The molecular weight excluding hydrogens is 338 g/mol. The number of halogens is 1. The Morgan fingerprint density at radius 2 is 1.85 bits per heavy atom. The lowest BCUT2D eigenvalue weighted by molar-refractivity contribution is 0.338. The minimum absolute atomic E-state index is 0.349. The van der Waals surface area contributed by atoms with E-state index in [0.717, 1.165) is 15.8 Å². The Labute approximate surface area is 131 Å². The van der Waals surface area contributed by atoms with Gasteiger partial charge in [0.05, 0.1) is 6.61 Å². The van der Waals surface area contributed by atoms with E-state index in [1.165, 1.54) is 0 Å². The third kappa shape index (κ3) is 3.71. The van der Waals surface area contributed by atoms with Gasteiger partial charge in [0, 0.05) is 16.1 Å². The third-order valence-electron chi connectivity index (χ3n) is 2.56. The average Bonchev–Trinajstić information content (AvgIpc) is 2.39. The first kappa shape index (κ1) is 14.8. The van der Waals surface area contributed by atoms with Gasteiger partial charge in [-0.3, -0.25) is 0 Å². The summed E-state index contributed by atoms with van der Waals surface area (Å²) in [5, 5.41) is 0. The van der Waals surface area contributed by atoms with Crippen molar-refractivity contribution in [1.82, 2.24) is 0 Å². The van der Waals surface area contributed by atoms with Crippen molar-refractivity contribution in [1.29, 1.82) is 0 Å². The molecule has 0 aliphatic heterocycles. The lowest BCUT2D eigenvalue weighted by Crippen LogP contribution is -2.09. The van der Waals surface area contributed by atoms with Crippen LogP contribution in [0, 0.1) is 0 Å². The number of ether oxygens (including phenoxy) is 2. The van der Waals surface area contributed by atoms with Crippen LogP contribution in [-0.2, 0) is 0 Å². The van der Waals surface area contributed by atoms with Crippen molar-refractivity contribution in [3.8, 4) is 17.2 Å². The molecule has 0 spiro atoms. The Bertz CT molecular complexity index is 631. The van der Waals surface area contributed by atoms with Gasteiger partial charge in [-0.05, 0) is 53.2 Å². The molecule has 2 N–H and O–H groups in total. The van der Waals surface area contributed by atoms with E-state index in [1.54, 1.807) is 0 Å². The molecule has 0 aliphatic rings. The first-order chi connectivity index (χ1) is 9.60. The van der Waals surface area contributed by atoms with Crippen LogP contribution in [0.1, 0.15) is 12.5 Å². The molecule has 0 fully saturated rings. The van der Waals surface area contributed by atoms with Crippen LogP contribution in [0.15, 0.2) is 46.9 Å². The molecule has 3 nitrogen and oxygen atoms in total. The van der Waals surface area contributed by atoms with E-state index in [2.05, 4.69) is 15.9 Å². The number of hydrogen-bond acceptors (Lipinski definition) is 3. The van der Waals surface area contributed by atoms with Crippen molar-refractivity contribution < 1.29 is 9.47 Å². The predicted molar refractivity (Wildman–Crippen MR) is 87.7 cm³/mol. The zero-order chi connectivity index (χ0) is 14.5. The van der Waals surface area contributed by atoms with Crippen LogP contribution in [0.4, 0.5) is 0 Å². The molecule has 20 heavy (non-hydrogen) atoms. The minimum atomic E-state index is 0.349. The van der Waals surface area contributed by atoms with Gasteiger partial charge in [-0.2, -0.15) is 0 Å². The average molecular weight is 352 g/mol. The molecule has 2 rings (SSSR count). The van der Waals surface area contributed by atoms with E-state index in [0.29, 0.717) is 23.1 Å². The summed E-state index contributed by atoms with van der Waals surface area (Å²) in [6.45, 7) is 2.57. The van der Waals surface area contributed by atoms with E-state index in [1.807, 2.05) is 49.4 Å². The van der Waals surface area contributed by atoms with Crippen LogP contribution >= 0.6 is 28.1 Å². The summed E-state index contributed by atoms with van der Waals surface area (Å²) in [7, 11) is 0. The van der Waals surface area contributed by atoms with Gasteiger partial charge in [0.15, 0.2) is 0 Å². The summed E-state index contributed by atoms with van der Waals surface area (Å²) in [5.74, 6) is 2.19. The number of rotatable bonds is 5. The molecule has 0 heterocycles. The summed E-state index contributed by atoms with van der Waals surface area (Å²) in [6.07, 6.45) is 0. The quantitative estimate of drug-likeness (QED) is 0.816. The Hall–Kier alpha value is -1.59. The van der Waals surface area contributed by atoms with Crippen LogP contribution < -0.4 is 15.2 Å². The maximum absolute atomic E-state index is 5.79. The first-order valence-corrected chi connectivity index (χ1v) is 7.30. The largest absolute Gasteiger partial charge is 0.494 e. The Morgan fingerprint density at radius 3 is 2.50 bits per heavy atom. The number of thiocarbonyl (C=S) groups is 1. The second-order valence-electron chi connectivity index (χ2n) is 4.02. The summed E-state index contributed by atoms with van der Waals surface area (Å²) in [4.78, 5) is 0.349. The highest BCUT2D eigenvalue weighted by molar-refractivity contribution is 9.10. The minimum Gasteiger partial charge on any atom is -0.494 e. The Kier molecular flexibility index (Phi) is 4.98. The van der Waals surface area contributed by atoms with Gasteiger partial charge in [-0.1, -0.05) is 18.3 Å². The normalized spacial score (nSPS) is 10.1. The van der Waals surface area contributed by atoms with Gasteiger partial charge >= 0.3 is 0 Å². The molecule has 2 aromatic rings. The molecule has 0 amide bonds. The van der Waals surface area contributed by atoms with Crippen molar-refractivity contribution in [2.75, 3.05) is 6.61 Å². The highest BCUT2D eigenvalue weighted by Gasteiger charge is 2.06. The topological polar surface area (TPSA) is 44.5 Å². The summed E-state index contributed by atoms with van der Waals surface area (Å²) < 4.78 is 12.0. The van der Waals surface area contributed by atoms with Crippen molar-refractivity contribution in [3.63, 3.8) is 0 Å². The van der Waals surface area contributed by atoms with E-state index in [-0.39, 0.29) is 0 Å². The van der Waals surface area contributed by atoms with Crippen LogP contribution in [0.25, 0.3) is 0 Å². The lowest BCUT2D eigenvalue weighted by Gasteiger charge is -2.10. The SMILES string of the molecule is CCOc1cccc(Oc2ccc(C(N)=S)c(Br)c2)c1. The van der Waals surface area contributed by atoms with Gasteiger partial charge in [0.25, 0.3) is 0 Å². The fraction of sp³-hybridized carbons (Fsp3) is 0.133. The van der Waals surface area contributed by atoms with Gasteiger partial charge in [0.1, 0.15) is 22.2 Å². The van der Waals surface area contributed by atoms with Gasteiger partial charge in [0.2, 0.25) is 0 Å². The second kappa shape index (κ2) is 6.72. The maximum Gasteiger partial charge on any atom is 0.131 e. The molecule has 0 unspecified atom stereocenters. The molecule has 0 bridgehead atoms. The van der Waals surface area contributed by atoms with E-state index in [9.17, 15) is 0 Å².